The van der Waals surface area contributed by atoms with Crippen molar-refractivity contribution in [1.82, 2.24) is 0 Å². The Morgan fingerprint density at radius 2 is 1.26 bits per heavy atom. The van der Waals surface area contributed by atoms with E-state index in [0.29, 0.717) is 17.9 Å². The van der Waals surface area contributed by atoms with Crippen molar-refractivity contribution in [1.29, 1.82) is 0 Å². The molecule has 1 atom stereocenters. The van der Waals surface area contributed by atoms with E-state index < -0.39 is 11.5 Å². The van der Waals surface area contributed by atoms with E-state index in [9.17, 15) is 5.11 Å². The quantitative estimate of drug-likeness (QED) is 0.179. The molecule has 1 unspecified atom stereocenters. The molecule has 3 rings (SSSR count). The third kappa shape index (κ3) is 6.67. The van der Waals surface area contributed by atoms with Crippen LogP contribution in [0.25, 0.3) is 0 Å². The van der Waals surface area contributed by atoms with Crippen molar-refractivity contribution in [2.75, 3.05) is 14.2 Å². The Balaban J connectivity index is 1.99. The van der Waals surface area contributed by atoms with Gasteiger partial charge in [-0.15, -0.1) is 0 Å². The lowest BCUT2D eigenvalue weighted by atomic mass is 9.65. The highest BCUT2D eigenvalue weighted by molar-refractivity contribution is 5.59. The minimum absolute atomic E-state index is 0.443. The number of para-hydroxylation sites is 1. The third-order valence-electron chi connectivity index (χ3n) is 7.08. The minimum Gasteiger partial charge on any atom is -0.493 e. The molecule has 0 aliphatic heterocycles. The van der Waals surface area contributed by atoms with Crippen molar-refractivity contribution in [3.05, 3.63) is 95.6 Å². The topological polar surface area (TPSA) is 38.7 Å². The fourth-order valence-corrected chi connectivity index (χ4v) is 5.28. The van der Waals surface area contributed by atoms with Gasteiger partial charge < -0.3 is 14.6 Å². The Kier molecular flexibility index (Phi) is 10.7. The molecule has 0 spiro atoms. The molecule has 1 N–H and O–H groups in total. The van der Waals surface area contributed by atoms with Gasteiger partial charge in [-0.25, -0.2) is 0 Å². The molecule has 35 heavy (non-hydrogen) atoms. The second-order valence-corrected chi connectivity index (χ2v) is 9.45. The van der Waals surface area contributed by atoms with Crippen LogP contribution < -0.4 is 9.47 Å². The lowest BCUT2D eigenvalue weighted by Gasteiger charge is -2.38. The van der Waals surface area contributed by atoms with Crippen LogP contribution in [-0.4, -0.2) is 25.4 Å². The predicted molar refractivity (Wildman–Crippen MR) is 146 cm³/mol. The first kappa shape index (κ1) is 26.8. The molecule has 0 radical (unpaired) electrons. The molecular formula is C32H42O3. The number of aliphatic hydroxyl groups is 1. The molecule has 3 aromatic carbocycles. The first-order valence-corrected chi connectivity index (χ1v) is 13.2. The molecule has 0 saturated carbocycles. The number of hydrogen-bond acceptors (Lipinski definition) is 3. The van der Waals surface area contributed by atoms with E-state index in [2.05, 4.69) is 61.5 Å². The molecule has 3 heteroatoms. The van der Waals surface area contributed by atoms with Gasteiger partial charge in [0.25, 0.3) is 0 Å². The summed E-state index contributed by atoms with van der Waals surface area (Å²) in [6.45, 7) is 2.25. The highest BCUT2D eigenvalue weighted by Gasteiger charge is 2.41. The number of hydrogen-bond donors (Lipinski definition) is 1. The summed E-state index contributed by atoms with van der Waals surface area (Å²) in [6, 6.07) is 27.1. The second kappa shape index (κ2) is 13.9. The zero-order chi connectivity index (χ0) is 24.9. The van der Waals surface area contributed by atoms with Crippen LogP contribution in [0.2, 0.25) is 0 Å². The summed E-state index contributed by atoms with van der Waals surface area (Å²) in [7, 11) is 3.36. The van der Waals surface area contributed by atoms with Gasteiger partial charge in [0.2, 0.25) is 0 Å². The smallest absolute Gasteiger partial charge is 0.165 e. The molecule has 3 aromatic rings. The molecule has 3 nitrogen and oxygen atoms in total. The average Bonchev–Trinajstić information content (AvgIpc) is 2.91. The molecule has 0 aliphatic rings. The van der Waals surface area contributed by atoms with Crippen LogP contribution in [-0.2, 0) is 5.41 Å². The summed E-state index contributed by atoms with van der Waals surface area (Å²) in [5, 5.41) is 11.4. The van der Waals surface area contributed by atoms with Crippen LogP contribution in [0, 0.1) is 0 Å². The summed E-state index contributed by atoms with van der Waals surface area (Å²) in [5.41, 5.74) is 2.70. The highest BCUT2D eigenvalue weighted by Crippen LogP contribution is 2.49. The van der Waals surface area contributed by atoms with E-state index in [1.165, 1.54) is 38.5 Å². The lowest BCUT2D eigenvalue weighted by Crippen LogP contribution is -2.34. The van der Waals surface area contributed by atoms with Crippen LogP contribution in [0.1, 0.15) is 81.4 Å². The second-order valence-electron chi connectivity index (χ2n) is 9.45. The monoisotopic (exact) mass is 474 g/mol. The van der Waals surface area contributed by atoms with Crippen LogP contribution >= 0.6 is 0 Å². The summed E-state index contributed by atoms with van der Waals surface area (Å²) in [5.74, 6) is 1.41. The summed E-state index contributed by atoms with van der Waals surface area (Å²) in [6.07, 6.45) is 9.59. The normalized spacial score (nSPS) is 12.3. The van der Waals surface area contributed by atoms with Crippen molar-refractivity contribution < 1.29 is 14.6 Å². The zero-order valence-electron chi connectivity index (χ0n) is 21.7. The fraction of sp³-hybridized carbons (Fsp3) is 0.438. The lowest BCUT2D eigenvalue weighted by molar-refractivity contribution is 0.133. The van der Waals surface area contributed by atoms with Gasteiger partial charge >= 0.3 is 0 Å². The third-order valence-corrected chi connectivity index (χ3v) is 7.08. The minimum atomic E-state index is -0.580. The Morgan fingerprint density at radius 1 is 0.686 bits per heavy atom. The number of methoxy groups -OCH3 is 2. The maximum absolute atomic E-state index is 11.4. The van der Waals surface area contributed by atoms with E-state index in [1.807, 2.05) is 24.3 Å². The molecule has 0 saturated heterocycles. The molecule has 0 fully saturated rings. The van der Waals surface area contributed by atoms with Gasteiger partial charge in [0, 0.05) is 5.56 Å². The van der Waals surface area contributed by atoms with Gasteiger partial charge in [-0.1, -0.05) is 125 Å². The maximum Gasteiger partial charge on any atom is 0.165 e. The van der Waals surface area contributed by atoms with Crippen LogP contribution in [0.3, 0.4) is 0 Å². The largest absolute Gasteiger partial charge is 0.493 e. The summed E-state index contributed by atoms with van der Waals surface area (Å²) < 4.78 is 11.6. The van der Waals surface area contributed by atoms with Crippen molar-refractivity contribution in [2.45, 2.75) is 76.2 Å². The number of aliphatic hydroxyl groups excluding tert-OH is 1. The average molecular weight is 475 g/mol. The van der Waals surface area contributed by atoms with Crippen molar-refractivity contribution in [2.24, 2.45) is 0 Å². The number of unbranched alkanes of at least 4 members (excludes halogenated alkanes) is 6. The Labute approximate surface area is 212 Å². The SMILES string of the molecule is CCCCCCCCCC(O)CC(c1ccccc1)(c1ccccc1)c1cccc(OC)c1OC. The summed E-state index contributed by atoms with van der Waals surface area (Å²) in [4.78, 5) is 0. The van der Waals surface area contributed by atoms with Crippen molar-refractivity contribution in [3.63, 3.8) is 0 Å². The molecule has 188 valence electrons. The maximum atomic E-state index is 11.4. The van der Waals surface area contributed by atoms with Crippen molar-refractivity contribution in [3.8, 4) is 11.5 Å². The zero-order valence-corrected chi connectivity index (χ0v) is 21.7. The molecular weight excluding hydrogens is 432 g/mol. The number of benzene rings is 3. The van der Waals surface area contributed by atoms with E-state index >= 15 is 0 Å². The van der Waals surface area contributed by atoms with E-state index in [0.717, 1.165) is 29.5 Å². The van der Waals surface area contributed by atoms with Crippen LogP contribution in [0.4, 0.5) is 0 Å². The van der Waals surface area contributed by atoms with E-state index in [1.54, 1.807) is 14.2 Å². The Morgan fingerprint density at radius 3 is 1.80 bits per heavy atom. The van der Waals surface area contributed by atoms with Crippen LogP contribution in [0.15, 0.2) is 78.9 Å². The van der Waals surface area contributed by atoms with Gasteiger partial charge in [-0.3, -0.25) is 0 Å². The van der Waals surface area contributed by atoms with Gasteiger partial charge in [0.15, 0.2) is 11.5 Å². The van der Waals surface area contributed by atoms with Crippen LogP contribution in [0.5, 0.6) is 11.5 Å². The molecule has 0 bridgehead atoms. The van der Waals surface area contributed by atoms with Crippen molar-refractivity contribution >= 4 is 0 Å². The van der Waals surface area contributed by atoms with E-state index in [4.69, 9.17) is 9.47 Å². The predicted octanol–water partition coefficient (Wildman–Crippen LogP) is 7.93. The van der Waals surface area contributed by atoms with E-state index in [-0.39, 0.29) is 0 Å². The highest BCUT2D eigenvalue weighted by atomic mass is 16.5. The molecule has 0 aliphatic carbocycles. The van der Waals surface area contributed by atoms with Gasteiger partial charge in [0.1, 0.15) is 0 Å². The number of ether oxygens (including phenoxy) is 2. The Bertz CT molecular complexity index is 945. The number of rotatable bonds is 15. The first-order valence-electron chi connectivity index (χ1n) is 13.2. The Hall–Kier alpha value is -2.78. The van der Waals surface area contributed by atoms with Gasteiger partial charge in [0.05, 0.1) is 25.7 Å². The molecule has 0 aromatic heterocycles. The molecule has 0 amide bonds. The molecule has 0 heterocycles. The first-order chi connectivity index (χ1) is 17.2. The van der Waals surface area contributed by atoms with Gasteiger partial charge in [-0.05, 0) is 30.0 Å². The van der Waals surface area contributed by atoms with Gasteiger partial charge in [-0.2, -0.15) is 0 Å². The standard InChI is InChI=1S/C32H42O3/c1-4-5-6-7-8-9-16-22-28(33)25-32(26-18-12-10-13-19-26,27-20-14-11-15-21-27)29-23-17-24-30(34-2)31(29)35-3/h10-15,17-21,23-24,28,33H,4-9,16,22,25H2,1-3H3. The fourth-order valence-electron chi connectivity index (χ4n) is 5.28. The summed E-state index contributed by atoms with van der Waals surface area (Å²) >= 11 is 0.